The van der Waals surface area contributed by atoms with Gasteiger partial charge in [0.05, 0.1) is 12.0 Å². The SMILES string of the molecule is COC1(CC(=O)N(CC(F)(F)F)C2CCNCC2)CCC1. The Labute approximate surface area is 123 Å². The molecule has 1 saturated carbocycles. The van der Waals surface area contributed by atoms with E-state index in [0.29, 0.717) is 25.9 Å². The Bertz CT molecular complexity index is 358. The van der Waals surface area contributed by atoms with E-state index in [-0.39, 0.29) is 12.5 Å². The predicted octanol–water partition coefficient (Wildman–Crippen LogP) is 2.09. The minimum absolute atomic E-state index is 0.0590. The van der Waals surface area contributed by atoms with E-state index in [1.54, 1.807) is 0 Å². The largest absolute Gasteiger partial charge is 0.406 e. The van der Waals surface area contributed by atoms with E-state index in [0.717, 1.165) is 24.2 Å². The molecule has 122 valence electrons. The van der Waals surface area contributed by atoms with Crippen molar-refractivity contribution >= 4 is 5.91 Å². The molecule has 1 saturated heterocycles. The molecule has 1 heterocycles. The van der Waals surface area contributed by atoms with Crippen LogP contribution in [0.5, 0.6) is 0 Å². The van der Waals surface area contributed by atoms with Crippen molar-refractivity contribution in [2.75, 3.05) is 26.7 Å². The topological polar surface area (TPSA) is 41.6 Å². The summed E-state index contributed by atoms with van der Waals surface area (Å²) in [4.78, 5) is 13.4. The van der Waals surface area contributed by atoms with E-state index >= 15 is 0 Å². The molecular weight excluding hydrogens is 285 g/mol. The van der Waals surface area contributed by atoms with Crippen LogP contribution in [0, 0.1) is 0 Å². The lowest BCUT2D eigenvalue weighted by Crippen LogP contribution is -2.52. The molecule has 0 aromatic rings. The molecule has 21 heavy (non-hydrogen) atoms. The first-order valence-corrected chi connectivity index (χ1v) is 7.47. The number of amides is 1. The van der Waals surface area contributed by atoms with E-state index in [1.165, 1.54) is 7.11 Å². The molecule has 1 amide bonds. The molecule has 0 unspecified atom stereocenters. The van der Waals surface area contributed by atoms with Gasteiger partial charge >= 0.3 is 6.18 Å². The Morgan fingerprint density at radius 3 is 2.38 bits per heavy atom. The second kappa shape index (κ2) is 6.52. The van der Waals surface area contributed by atoms with Gasteiger partial charge in [0.2, 0.25) is 5.91 Å². The van der Waals surface area contributed by atoms with Gasteiger partial charge in [-0.15, -0.1) is 0 Å². The fraction of sp³-hybridized carbons (Fsp3) is 0.929. The van der Waals surface area contributed by atoms with Crippen LogP contribution in [0.3, 0.4) is 0 Å². The van der Waals surface area contributed by atoms with Gasteiger partial charge in [-0.2, -0.15) is 13.2 Å². The molecule has 0 spiro atoms. The molecule has 0 radical (unpaired) electrons. The maximum absolute atomic E-state index is 12.8. The summed E-state index contributed by atoms with van der Waals surface area (Å²) in [7, 11) is 1.53. The van der Waals surface area contributed by atoms with Crippen LogP contribution < -0.4 is 5.32 Å². The van der Waals surface area contributed by atoms with Gasteiger partial charge in [-0.3, -0.25) is 4.79 Å². The van der Waals surface area contributed by atoms with Crippen molar-refractivity contribution in [2.24, 2.45) is 0 Å². The van der Waals surface area contributed by atoms with Gasteiger partial charge in [0.1, 0.15) is 6.54 Å². The first-order valence-electron chi connectivity index (χ1n) is 7.47. The Balaban J connectivity index is 2.04. The van der Waals surface area contributed by atoms with Crippen molar-refractivity contribution in [2.45, 2.75) is 56.3 Å². The van der Waals surface area contributed by atoms with Crippen LogP contribution >= 0.6 is 0 Å². The number of rotatable bonds is 5. The van der Waals surface area contributed by atoms with Crippen molar-refractivity contribution in [3.63, 3.8) is 0 Å². The second-order valence-corrected chi connectivity index (χ2v) is 6.04. The first-order chi connectivity index (χ1) is 9.85. The number of nitrogens with zero attached hydrogens (tertiary/aromatic N) is 1. The van der Waals surface area contributed by atoms with Gasteiger partial charge in [0.15, 0.2) is 0 Å². The summed E-state index contributed by atoms with van der Waals surface area (Å²) in [6.07, 6.45) is -0.691. The summed E-state index contributed by atoms with van der Waals surface area (Å²) in [6, 6.07) is -0.325. The lowest BCUT2D eigenvalue weighted by Gasteiger charge is -2.43. The number of carbonyl (C=O) groups is 1. The highest BCUT2D eigenvalue weighted by atomic mass is 19.4. The van der Waals surface area contributed by atoms with Crippen molar-refractivity contribution < 1.29 is 22.7 Å². The fourth-order valence-electron chi connectivity index (χ4n) is 3.13. The molecule has 2 fully saturated rings. The highest BCUT2D eigenvalue weighted by Gasteiger charge is 2.43. The van der Waals surface area contributed by atoms with E-state index < -0.39 is 24.2 Å². The highest BCUT2D eigenvalue weighted by Crippen LogP contribution is 2.39. The van der Waals surface area contributed by atoms with Crippen molar-refractivity contribution in [3.05, 3.63) is 0 Å². The lowest BCUT2D eigenvalue weighted by atomic mass is 9.77. The summed E-state index contributed by atoms with van der Waals surface area (Å²) >= 11 is 0. The number of piperidine rings is 1. The molecule has 1 aliphatic heterocycles. The molecule has 2 rings (SSSR count). The third-order valence-corrected chi connectivity index (χ3v) is 4.59. The fourth-order valence-corrected chi connectivity index (χ4v) is 3.13. The van der Waals surface area contributed by atoms with Gasteiger partial charge in [-0.1, -0.05) is 0 Å². The van der Waals surface area contributed by atoms with Crippen LogP contribution in [0.2, 0.25) is 0 Å². The summed E-state index contributed by atoms with van der Waals surface area (Å²) < 4.78 is 43.7. The Kier molecular flexibility index (Phi) is 5.14. The summed E-state index contributed by atoms with van der Waals surface area (Å²) in [5, 5.41) is 3.11. The van der Waals surface area contributed by atoms with Crippen LogP contribution in [0.1, 0.15) is 38.5 Å². The van der Waals surface area contributed by atoms with Crippen LogP contribution in [-0.2, 0) is 9.53 Å². The van der Waals surface area contributed by atoms with Gasteiger partial charge in [-0.25, -0.2) is 0 Å². The first kappa shape index (κ1) is 16.5. The lowest BCUT2D eigenvalue weighted by molar-refractivity contribution is -0.173. The zero-order valence-corrected chi connectivity index (χ0v) is 12.3. The number of alkyl halides is 3. The van der Waals surface area contributed by atoms with Crippen molar-refractivity contribution in [1.29, 1.82) is 0 Å². The minimum Gasteiger partial charge on any atom is -0.378 e. The maximum atomic E-state index is 12.8. The standard InChI is InChI=1S/C14H23F3N2O2/c1-21-13(5-2-6-13)9-12(20)19(10-14(15,16)17)11-3-7-18-8-4-11/h11,18H,2-10H2,1H3. The number of hydrogen-bond acceptors (Lipinski definition) is 3. The molecule has 1 aliphatic carbocycles. The molecule has 1 N–H and O–H groups in total. The Morgan fingerprint density at radius 2 is 1.95 bits per heavy atom. The monoisotopic (exact) mass is 308 g/mol. The number of carbonyl (C=O) groups excluding carboxylic acids is 1. The Morgan fingerprint density at radius 1 is 1.33 bits per heavy atom. The highest BCUT2D eigenvalue weighted by molar-refractivity contribution is 5.78. The van der Waals surface area contributed by atoms with Crippen LogP contribution in [-0.4, -0.2) is 55.4 Å². The molecule has 7 heteroatoms. The molecule has 0 aromatic carbocycles. The van der Waals surface area contributed by atoms with Gasteiger partial charge < -0.3 is 15.0 Å². The Hall–Kier alpha value is -0.820. The van der Waals surface area contributed by atoms with Crippen molar-refractivity contribution in [1.82, 2.24) is 10.2 Å². The molecule has 4 nitrogen and oxygen atoms in total. The van der Waals surface area contributed by atoms with Gasteiger partial charge in [0.25, 0.3) is 0 Å². The normalized spacial score (nSPS) is 22.7. The molecular formula is C14H23F3N2O2. The van der Waals surface area contributed by atoms with Gasteiger partial charge in [0, 0.05) is 13.2 Å². The predicted molar refractivity (Wildman–Crippen MR) is 71.9 cm³/mol. The van der Waals surface area contributed by atoms with Crippen LogP contribution in [0.4, 0.5) is 13.2 Å². The summed E-state index contributed by atoms with van der Waals surface area (Å²) in [5.74, 6) is -0.430. The summed E-state index contributed by atoms with van der Waals surface area (Å²) in [6.45, 7) is 0.153. The molecule has 0 bridgehead atoms. The zero-order valence-electron chi connectivity index (χ0n) is 12.3. The minimum atomic E-state index is -4.36. The van der Waals surface area contributed by atoms with E-state index in [1.807, 2.05) is 0 Å². The number of nitrogens with one attached hydrogen (secondary N) is 1. The van der Waals surface area contributed by atoms with E-state index in [4.69, 9.17) is 4.74 Å². The third-order valence-electron chi connectivity index (χ3n) is 4.59. The number of halogens is 3. The molecule has 0 aromatic heterocycles. The second-order valence-electron chi connectivity index (χ2n) is 6.04. The summed E-state index contributed by atoms with van der Waals surface area (Å²) in [5.41, 5.74) is -0.534. The quantitative estimate of drug-likeness (QED) is 0.845. The number of hydrogen-bond donors (Lipinski definition) is 1. The average molecular weight is 308 g/mol. The maximum Gasteiger partial charge on any atom is 0.406 e. The average Bonchev–Trinajstić information content (AvgIpc) is 2.40. The van der Waals surface area contributed by atoms with Crippen molar-refractivity contribution in [3.8, 4) is 0 Å². The molecule has 2 aliphatic rings. The van der Waals surface area contributed by atoms with Gasteiger partial charge in [-0.05, 0) is 45.2 Å². The van der Waals surface area contributed by atoms with E-state index in [9.17, 15) is 18.0 Å². The van der Waals surface area contributed by atoms with Crippen LogP contribution in [0.15, 0.2) is 0 Å². The van der Waals surface area contributed by atoms with E-state index in [2.05, 4.69) is 5.32 Å². The number of ether oxygens (including phenoxy) is 1. The number of methoxy groups -OCH3 is 1. The third kappa shape index (κ3) is 4.32. The molecule has 0 atom stereocenters. The smallest absolute Gasteiger partial charge is 0.378 e. The zero-order chi connectivity index (χ0) is 15.5. The van der Waals surface area contributed by atoms with Crippen LogP contribution in [0.25, 0.3) is 0 Å².